The van der Waals surface area contributed by atoms with E-state index in [-0.39, 0.29) is 0 Å². The molecule has 0 bridgehead atoms. The van der Waals surface area contributed by atoms with Gasteiger partial charge in [0.1, 0.15) is 17.3 Å². The van der Waals surface area contributed by atoms with Gasteiger partial charge in [-0.2, -0.15) is 5.26 Å². The first-order valence-electron chi connectivity index (χ1n) is 7.27. The molecule has 1 heterocycles. The predicted octanol–water partition coefficient (Wildman–Crippen LogP) is 4.11. The fourth-order valence-electron chi connectivity index (χ4n) is 2.71. The van der Waals surface area contributed by atoms with Gasteiger partial charge in [-0.25, -0.2) is 4.68 Å². The lowest BCUT2D eigenvalue weighted by Gasteiger charge is -2.04. The van der Waals surface area contributed by atoms with Gasteiger partial charge in [-0.15, -0.1) is 5.10 Å². The van der Waals surface area contributed by atoms with Crippen molar-refractivity contribution in [3.63, 3.8) is 0 Å². The Hall–Kier alpha value is -3.45. The topological polar surface area (TPSA) is 54.5 Å². The zero-order valence-electron chi connectivity index (χ0n) is 12.2. The summed E-state index contributed by atoms with van der Waals surface area (Å²) in [7, 11) is 0. The minimum atomic E-state index is 0.440. The Balaban J connectivity index is 1.93. The number of benzene rings is 3. The quantitative estimate of drug-likeness (QED) is 0.523. The zero-order chi connectivity index (χ0) is 15.6. The molecule has 4 heteroatoms. The fraction of sp³-hybridized carbons (Fsp3) is 0. The summed E-state index contributed by atoms with van der Waals surface area (Å²) in [6, 6.07) is 24.0. The van der Waals surface area contributed by atoms with Crippen LogP contribution < -0.4 is 0 Å². The third-order valence-electron chi connectivity index (χ3n) is 3.81. The Morgan fingerprint density at radius 1 is 0.957 bits per heavy atom. The van der Waals surface area contributed by atoms with Gasteiger partial charge in [-0.05, 0) is 34.5 Å². The monoisotopic (exact) mass is 296 g/mol. The van der Waals surface area contributed by atoms with Crippen LogP contribution in [0.1, 0.15) is 5.56 Å². The molecule has 1 aromatic heterocycles. The van der Waals surface area contributed by atoms with E-state index in [0.29, 0.717) is 5.70 Å². The van der Waals surface area contributed by atoms with Gasteiger partial charge in [0.2, 0.25) is 0 Å². The second-order valence-electron chi connectivity index (χ2n) is 5.20. The summed E-state index contributed by atoms with van der Waals surface area (Å²) in [6.07, 6.45) is 1.85. The number of fused-ring (bicyclic) bond motifs is 2. The van der Waals surface area contributed by atoms with Crippen molar-refractivity contribution in [2.75, 3.05) is 0 Å². The first-order chi connectivity index (χ1) is 11.4. The second kappa shape index (κ2) is 5.39. The SMILES string of the molecule is N#C/C(=C\c1cccc2ccccc12)n1nnc2ccccc21. The number of rotatable bonds is 2. The maximum atomic E-state index is 9.58. The Morgan fingerprint density at radius 2 is 1.74 bits per heavy atom. The van der Waals surface area contributed by atoms with E-state index in [1.165, 1.54) is 0 Å². The van der Waals surface area contributed by atoms with Crippen molar-refractivity contribution < 1.29 is 0 Å². The first kappa shape index (κ1) is 13.2. The minimum absolute atomic E-state index is 0.440. The fourth-order valence-corrected chi connectivity index (χ4v) is 2.71. The maximum absolute atomic E-state index is 9.58. The number of para-hydroxylation sites is 1. The Bertz CT molecular complexity index is 1080. The molecule has 0 spiro atoms. The Labute approximate surface area is 132 Å². The molecule has 0 aliphatic rings. The molecule has 0 saturated carbocycles. The highest BCUT2D eigenvalue weighted by molar-refractivity contribution is 5.96. The third kappa shape index (κ3) is 2.25. The van der Waals surface area contributed by atoms with Crippen LogP contribution in [0, 0.1) is 11.3 Å². The standard InChI is InChI=1S/C19H12N4/c20-13-16(23-19-11-4-3-10-18(19)21-22-23)12-15-8-5-7-14-6-1-2-9-17(14)15/h1-12H/b16-12+. The van der Waals surface area contributed by atoms with Crippen molar-refractivity contribution in [1.29, 1.82) is 5.26 Å². The number of nitrogens with zero attached hydrogens (tertiary/aromatic N) is 4. The van der Waals surface area contributed by atoms with E-state index in [1.807, 2.05) is 54.6 Å². The highest BCUT2D eigenvalue weighted by atomic mass is 15.4. The van der Waals surface area contributed by atoms with Crippen molar-refractivity contribution in [1.82, 2.24) is 15.0 Å². The third-order valence-corrected chi connectivity index (χ3v) is 3.81. The lowest BCUT2D eigenvalue weighted by Crippen LogP contribution is -1.97. The van der Waals surface area contributed by atoms with Crippen LogP contribution in [0.4, 0.5) is 0 Å². The zero-order valence-corrected chi connectivity index (χ0v) is 12.2. The van der Waals surface area contributed by atoms with Crippen LogP contribution in [0.25, 0.3) is 33.6 Å². The average Bonchev–Trinajstić information content (AvgIpc) is 3.04. The molecule has 3 aromatic carbocycles. The van der Waals surface area contributed by atoms with Gasteiger partial charge >= 0.3 is 0 Å². The smallest absolute Gasteiger partial charge is 0.145 e. The van der Waals surface area contributed by atoms with E-state index in [9.17, 15) is 5.26 Å². The normalized spacial score (nSPS) is 11.7. The van der Waals surface area contributed by atoms with Crippen LogP contribution in [0.3, 0.4) is 0 Å². The van der Waals surface area contributed by atoms with Gasteiger partial charge in [0.05, 0.1) is 5.52 Å². The summed E-state index contributed by atoms with van der Waals surface area (Å²) in [5.41, 5.74) is 3.02. The number of hydrogen-bond donors (Lipinski definition) is 0. The van der Waals surface area contributed by atoms with Crippen molar-refractivity contribution in [3.8, 4) is 6.07 Å². The molecule has 4 nitrogen and oxygen atoms in total. The van der Waals surface area contributed by atoms with Crippen molar-refractivity contribution >= 4 is 33.6 Å². The van der Waals surface area contributed by atoms with E-state index < -0.39 is 0 Å². The number of nitriles is 1. The van der Waals surface area contributed by atoms with E-state index in [2.05, 4.69) is 34.6 Å². The van der Waals surface area contributed by atoms with Gasteiger partial charge in [-0.3, -0.25) is 0 Å². The largest absolute Gasteiger partial charge is 0.202 e. The van der Waals surface area contributed by atoms with E-state index in [4.69, 9.17) is 0 Å². The van der Waals surface area contributed by atoms with Crippen LogP contribution in [0.2, 0.25) is 0 Å². The molecule has 0 unspecified atom stereocenters. The van der Waals surface area contributed by atoms with Crippen LogP contribution in [0.5, 0.6) is 0 Å². The molecular formula is C19H12N4. The Kier molecular flexibility index (Phi) is 3.10. The molecule has 0 amide bonds. The predicted molar refractivity (Wildman–Crippen MR) is 91.3 cm³/mol. The highest BCUT2D eigenvalue weighted by Crippen LogP contribution is 2.23. The summed E-state index contributed by atoms with van der Waals surface area (Å²) in [6.45, 7) is 0. The molecule has 4 rings (SSSR count). The van der Waals surface area contributed by atoms with Gasteiger partial charge in [0.25, 0.3) is 0 Å². The molecule has 0 fully saturated rings. The van der Waals surface area contributed by atoms with Gasteiger partial charge in [0.15, 0.2) is 0 Å². The molecule has 108 valence electrons. The van der Waals surface area contributed by atoms with E-state index >= 15 is 0 Å². The molecule has 23 heavy (non-hydrogen) atoms. The molecule has 0 atom stereocenters. The van der Waals surface area contributed by atoms with E-state index in [0.717, 1.165) is 27.4 Å². The average molecular weight is 296 g/mol. The van der Waals surface area contributed by atoms with Crippen molar-refractivity contribution in [2.45, 2.75) is 0 Å². The number of allylic oxidation sites excluding steroid dienone is 1. The molecule has 4 aromatic rings. The van der Waals surface area contributed by atoms with Crippen molar-refractivity contribution in [2.24, 2.45) is 0 Å². The molecule has 0 N–H and O–H groups in total. The highest BCUT2D eigenvalue weighted by Gasteiger charge is 2.08. The summed E-state index contributed by atoms with van der Waals surface area (Å²) in [4.78, 5) is 0. The number of aromatic nitrogens is 3. The summed E-state index contributed by atoms with van der Waals surface area (Å²) in [5.74, 6) is 0. The summed E-state index contributed by atoms with van der Waals surface area (Å²) < 4.78 is 1.58. The van der Waals surface area contributed by atoms with E-state index in [1.54, 1.807) is 4.68 Å². The van der Waals surface area contributed by atoms with Crippen LogP contribution in [-0.2, 0) is 0 Å². The second-order valence-corrected chi connectivity index (χ2v) is 5.20. The minimum Gasteiger partial charge on any atom is -0.202 e. The molecule has 0 aliphatic heterocycles. The molecule has 0 radical (unpaired) electrons. The lowest BCUT2D eigenvalue weighted by molar-refractivity contribution is 0.848. The van der Waals surface area contributed by atoms with Crippen LogP contribution in [0.15, 0.2) is 66.7 Å². The molecule has 0 aliphatic carbocycles. The van der Waals surface area contributed by atoms with Gasteiger partial charge < -0.3 is 0 Å². The van der Waals surface area contributed by atoms with Crippen LogP contribution in [-0.4, -0.2) is 15.0 Å². The summed E-state index contributed by atoms with van der Waals surface area (Å²) >= 11 is 0. The maximum Gasteiger partial charge on any atom is 0.145 e. The van der Waals surface area contributed by atoms with Gasteiger partial charge in [0, 0.05) is 0 Å². The van der Waals surface area contributed by atoms with Gasteiger partial charge in [-0.1, -0.05) is 59.8 Å². The summed E-state index contributed by atoms with van der Waals surface area (Å²) in [5, 5.41) is 20.1. The van der Waals surface area contributed by atoms with Crippen LogP contribution >= 0.6 is 0 Å². The van der Waals surface area contributed by atoms with Crippen molar-refractivity contribution in [3.05, 3.63) is 72.3 Å². The number of hydrogen-bond acceptors (Lipinski definition) is 3. The molecular weight excluding hydrogens is 284 g/mol. The first-order valence-corrected chi connectivity index (χ1v) is 7.27. The molecule has 0 saturated heterocycles. The Morgan fingerprint density at radius 3 is 2.65 bits per heavy atom. The lowest BCUT2D eigenvalue weighted by atomic mass is 10.0.